The van der Waals surface area contributed by atoms with Crippen molar-refractivity contribution in [2.75, 3.05) is 12.3 Å². The average molecular weight is 544 g/mol. The van der Waals surface area contributed by atoms with Crippen molar-refractivity contribution in [3.8, 4) is 0 Å². The second-order valence-corrected chi connectivity index (χ2v) is 9.77. The van der Waals surface area contributed by atoms with Crippen LogP contribution in [0.3, 0.4) is 0 Å². The van der Waals surface area contributed by atoms with Gasteiger partial charge in [0.2, 0.25) is 11.8 Å². The number of likely N-dealkylation sites (N-methyl/N-ethyl adjacent to an activating group) is 1. The number of nitrogens with one attached hydrogen (secondary N) is 1. The Morgan fingerprint density at radius 3 is 2.24 bits per heavy atom. The number of carbonyl (C=O) groups excluding carboxylic acids is 2. The van der Waals surface area contributed by atoms with Crippen LogP contribution in [0, 0.1) is 5.82 Å². The van der Waals surface area contributed by atoms with Crippen LogP contribution in [-0.2, 0) is 28.3 Å². The lowest BCUT2D eigenvalue weighted by atomic mass is 10.0. The third-order valence-corrected chi connectivity index (χ3v) is 6.81. The van der Waals surface area contributed by atoms with Gasteiger partial charge in [-0.25, -0.2) is 4.39 Å². The van der Waals surface area contributed by atoms with Gasteiger partial charge in [0.15, 0.2) is 0 Å². The second-order valence-electron chi connectivity index (χ2n) is 7.87. The van der Waals surface area contributed by atoms with Gasteiger partial charge >= 0.3 is 0 Å². The maximum Gasteiger partial charge on any atom is 0.243 e. The molecule has 3 rings (SSSR count). The number of amides is 2. The number of carbonyl (C=O) groups is 2. The Kier molecular flexibility index (Phi) is 10.2. The highest BCUT2D eigenvalue weighted by Crippen LogP contribution is 2.20. The Morgan fingerprint density at radius 1 is 0.941 bits per heavy atom. The van der Waals surface area contributed by atoms with E-state index in [0.717, 1.165) is 21.2 Å². The largest absolute Gasteiger partial charge is 0.355 e. The van der Waals surface area contributed by atoms with E-state index in [9.17, 15) is 14.0 Å². The minimum Gasteiger partial charge on any atom is -0.355 e. The van der Waals surface area contributed by atoms with E-state index in [4.69, 9.17) is 0 Å². The van der Waals surface area contributed by atoms with E-state index in [1.54, 1.807) is 17.0 Å². The molecule has 0 radical (unpaired) electrons. The molecule has 1 atom stereocenters. The van der Waals surface area contributed by atoms with Gasteiger partial charge in [-0.2, -0.15) is 0 Å². The van der Waals surface area contributed by atoms with Crippen molar-refractivity contribution in [1.82, 2.24) is 10.2 Å². The van der Waals surface area contributed by atoms with E-state index in [0.29, 0.717) is 25.3 Å². The molecule has 0 spiro atoms. The summed E-state index contributed by atoms with van der Waals surface area (Å²) in [6.07, 6.45) is 0.428. The van der Waals surface area contributed by atoms with Gasteiger partial charge in [0.1, 0.15) is 11.9 Å². The summed E-state index contributed by atoms with van der Waals surface area (Å²) in [4.78, 5) is 28.2. The summed E-state index contributed by atoms with van der Waals surface area (Å²) in [5, 5.41) is 2.90. The first-order valence-electron chi connectivity index (χ1n) is 11.1. The maximum absolute atomic E-state index is 13.5. The molecule has 1 N–H and O–H groups in total. The molecule has 0 aromatic heterocycles. The Bertz CT molecular complexity index is 1060. The summed E-state index contributed by atoms with van der Waals surface area (Å²) in [7, 11) is 0. The lowest BCUT2D eigenvalue weighted by Gasteiger charge is -2.31. The fraction of sp³-hybridized carbons (Fsp3) is 0.259. The summed E-state index contributed by atoms with van der Waals surface area (Å²) in [6.45, 7) is 2.69. The summed E-state index contributed by atoms with van der Waals surface area (Å²) in [5.41, 5.74) is 2.89. The number of nitrogens with zero attached hydrogens (tertiary/aromatic N) is 1. The van der Waals surface area contributed by atoms with E-state index in [1.807, 2.05) is 61.5 Å². The van der Waals surface area contributed by atoms with Gasteiger partial charge in [0.05, 0.1) is 5.75 Å². The van der Waals surface area contributed by atoms with Crippen molar-refractivity contribution in [3.63, 3.8) is 0 Å². The second kappa shape index (κ2) is 13.3. The zero-order valence-electron chi connectivity index (χ0n) is 19.0. The highest BCUT2D eigenvalue weighted by atomic mass is 79.9. The quantitative estimate of drug-likeness (QED) is 0.343. The number of rotatable bonds is 11. The van der Waals surface area contributed by atoms with Gasteiger partial charge in [0.25, 0.3) is 0 Å². The molecule has 3 aromatic rings. The molecule has 0 bridgehead atoms. The molecule has 0 fully saturated rings. The monoisotopic (exact) mass is 542 g/mol. The zero-order valence-corrected chi connectivity index (χ0v) is 21.4. The molecule has 34 heavy (non-hydrogen) atoms. The van der Waals surface area contributed by atoms with Crippen molar-refractivity contribution < 1.29 is 14.0 Å². The molecule has 2 amide bonds. The first-order valence-corrected chi connectivity index (χ1v) is 13.1. The Hall–Kier alpha value is -2.64. The van der Waals surface area contributed by atoms with Crippen LogP contribution < -0.4 is 5.32 Å². The fourth-order valence-electron chi connectivity index (χ4n) is 3.55. The normalized spacial score (nSPS) is 11.6. The predicted octanol–water partition coefficient (Wildman–Crippen LogP) is 5.60. The van der Waals surface area contributed by atoms with Crippen molar-refractivity contribution in [3.05, 3.63) is 106 Å². The maximum atomic E-state index is 13.5. The molecule has 178 valence electrons. The number of hydrogen-bond donors (Lipinski definition) is 1. The van der Waals surface area contributed by atoms with E-state index < -0.39 is 6.04 Å². The summed E-state index contributed by atoms with van der Waals surface area (Å²) in [5.74, 6) is 0.250. The summed E-state index contributed by atoms with van der Waals surface area (Å²) >= 11 is 4.90. The smallest absolute Gasteiger partial charge is 0.243 e. The van der Waals surface area contributed by atoms with Gasteiger partial charge in [-0.15, -0.1) is 11.8 Å². The Labute approximate surface area is 213 Å². The highest BCUT2D eigenvalue weighted by molar-refractivity contribution is 9.10. The van der Waals surface area contributed by atoms with Crippen LogP contribution in [0.2, 0.25) is 0 Å². The van der Waals surface area contributed by atoms with Crippen LogP contribution in [0.25, 0.3) is 0 Å². The minimum absolute atomic E-state index is 0.109. The van der Waals surface area contributed by atoms with E-state index in [1.165, 1.54) is 23.9 Å². The summed E-state index contributed by atoms with van der Waals surface area (Å²) in [6, 6.07) is 23.2. The SMILES string of the molecule is CCNC(=O)[C@@H](Cc1ccccc1)N(Cc1ccc(Br)cc1)C(=O)CSCc1ccc(F)cc1. The predicted molar refractivity (Wildman–Crippen MR) is 140 cm³/mol. The molecule has 0 aliphatic heterocycles. The minimum atomic E-state index is -0.634. The third-order valence-electron chi connectivity index (χ3n) is 5.30. The molecular weight excluding hydrogens is 515 g/mol. The van der Waals surface area contributed by atoms with Crippen LogP contribution in [0.4, 0.5) is 4.39 Å². The first kappa shape index (κ1) is 26.0. The molecule has 0 aliphatic carbocycles. The number of hydrogen-bond acceptors (Lipinski definition) is 3. The van der Waals surface area contributed by atoms with Gasteiger partial charge in [-0.1, -0.05) is 70.5 Å². The molecular formula is C27H28BrFN2O2S. The zero-order chi connectivity index (χ0) is 24.3. The molecule has 0 heterocycles. The number of thioether (sulfide) groups is 1. The van der Waals surface area contributed by atoms with Crippen LogP contribution in [0.15, 0.2) is 83.3 Å². The van der Waals surface area contributed by atoms with Gasteiger partial charge < -0.3 is 10.2 Å². The van der Waals surface area contributed by atoms with Crippen molar-refractivity contribution in [1.29, 1.82) is 0 Å². The standard InChI is InChI=1S/C27H28BrFN2O2S/c1-2-30-27(33)25(16-20-6-4-3-5-7-20)31(17-21-8-12-23(28)13-9-21)26(32)19-34-18-22-10-14-24(29)15-11-22/h3-15,25H,2,16-19H2,1H3,(H,30,33)/t25-/m1/s1. The lowest BCUT2D eigenvalue weighted by Crippen LogP contribution is -2.51. The van der Waals surface area contributed by atoms with E-state index in [2.05, 4.69) is 21.2 Å². The third kappa shape index (κ3) is 7.99. The van der Waals surface area contributed by atoms with Gasteiger partial charge in [-0.05, 0) is 47.9 Å². The van der Waals surface area contributed by atoms with Crippen molar-refractivity contribution in [2.24, 2.45) is 0 Å². The van der Waals surface area contributed by atoms with Gasteiger partial charge in [-0.3, -0.25) is 9.59 Å². The van der Waals surface area contributed by atoms with Crippen LogP contribution in [0.1, 0.15) is 23.6 Å². The van der Waals surface area contributed by atoms with E-state index in [-0.39, 0.29) is 23.4 Å². The van der Waals surface area contributed by atoms with Crippen LogP contribution in [-0.4, -0.2) is 35.1 Å². The molecule has 0 aliphatic rings. The number of halogens is 2. The van der Waals surface area contributed by atoms with Crippen LogP contribution in [0.5, 0.6) is 0 Å². The fourth-order valence-corrected chi connectivity index (χ4v) is 4.69. The summed E-state index contributed by atoms with van der Waals surface area (Å²) < 4.78 is 14.1. The Balaban J connectivity index is 1.81. The molecule has 4 nitrogen and oxygen atoms in total. The molecule has 0 saturated heterocycles. The topological polar surface area (TPSA) is 49.4 Å². The van der Waals surface area contributed by atoms with Crippen molar-refractivity contribution in [2.45, 2.75) is 31.7 Å². The lowest BCUT2D eigenvalue weighted by molar-refractivity contribution is -0.139. The van der Waals surface area contributed by atoms with Crippen LogP contribution >= 0.6 is 27.7 Å². The van der Waals surface area contributed by atoms with Gasteiger partial charge in [0, 0.05) is 29.7 Å². The van der Waals surface area contributed by atoms with E-state index >= 15 is 0 Å². The number of benzene rings is 3. The molecule has 0 saturated carbocycles. The first-order chi connectivity index (χ1) is 16.5. The average Bonchev–Trinajstić information content (AvgIpc) is 2.84. The highest BCUT2D eigenvalue weighted by Gasteiger charge is 2.30. The Morgan fingerprint density at radius 2 is 1.59 bits per heavy atom. The molecule has 0 unspecified atom stereocenters. The molecule has 3 aromatic carbocycles. The van der Waals surface area contributed by atoms with Crippen molar-refractivity contribution >= 4 is 39.5 Å². The molecule has 7 heteroatoms.